The molecule has 4 rings (SSSR count). The smallest absolute Gasteiger partial charge is 0.270 e. The number of benzene rings is 2. The van der Waals surface area contributed by atoms with Crippen molar-refractivity contribution < 1.29 is 14.1 Å². The number of nitrogens with zero attached hydrogens (tertiary/aromatic N) is 1. The van der Waals surface area contributed by atoms with E-state index in [4.69, 9.17) is 0 Å². The molecule has 0 spiro atoms. The molecule has 2 aromatic carbocycles. The average molecular weight is 495 g/mol. The van der Waals surface area contributed by atoms with Gasteiger partial charge in [-0.05, 0) is 41.1 Å². The van der Waals surface area contributed by atoms with Crippen LogP contribution in [0, 0.1) is 15.9 Å². The molecule has 0 saturated heterocycles. The number of rotatable bonds is 5. The molecular formula is C24H16BrFN2O4. The minimum absolute atomic E-state index is 0.117. The molecule has 1 aliphatic carbocycles. The first-order chi connectivity index (χ1) is 15.3. The Balaban J connectivity index is 1.88. The lowest BCUT2D eigenvalue weighted by Crippen LogP contribution is -2.23. The maximum atomic E-state index is 14.8. The van der Waals surface area contributed by atoms with Gasteiger partial charge in [-0.15, -0.1) is 0 Å². The largest absolute Gasteiger partial charge is 0.325 e. The molecule has 1 heterocycles. The lowest BCUT2D eigenvalue weighted by Gasteiger charge is -2.19. The number of aromatic amines is 1. The highest BCUT2D eigenvalue weighted by atomic mass is 79.9. The number of carbonyl (C=O) groups is 1. The van der Waals surface area contributed by atoms with Gasteiger partial charge in [0.05, 0.1) is 10.5 Å². The molecule has 3 aromatic rings. The number of halogens is 2. The van der Waals surface area contributed by atoms with Crippen molar-refractivity contribution in [1.29, 1.82) is 0 Å². The number of aryl methyl sites for hydroxylation is 1. The molecule has 0 unspecified atom stereocenters. The highest BCUT2D eigenvalue weighted by Gasteiger charge is 2.25. The summed E-state index contributed by atoms with van der Waals surface area (Å²) in [7, 11) is 0. The van der Waals surface area contributed by atoms with Gasteiger partial charge in [0, 0.05) is 34.5 Å². The number of ketones is 1. The quantitative estimate of drug-likeness (QED) is 0.214. The van der Waals surface area contributed by atoms with Crippen molar-refractivity contribution in [2.75, 3.05) is 0 Å². The van der Waals surface area contributed by atoms with Crippen LogP contribution in [0.15, 0.2) is 63.9 Å². The molecule has 160 valence electrons. The molecule has 8 heteroatoms. The number of hydrogen-bond donors (Lipinski definition) is 1. The molecule has 0 radical (unpaired) electrons. The Bertz CT molecular complexity index is 1370. The van der Waals surface area contributed by atoms with E-state index in [1.165, 1.54) is 48.6 Å². The molecular weight excluding hydrogens is 479 g/mol. The van der Waals surface area contributed by atoms with Crippen molar-refractivity contribution in [2.24, 2.45) is 0 Å². The van der Waals surface area contributed by atoms with Crippen LogP contribution in [0.5, 0.6) is 0 Å². The van der Waals surface area contributed by atoms with Crippen LogP contribution < -0.4 is 5.56 Å². The van der Waals surface area contributed by atoms with E-state index in [9.17, 15) is 24.1 Å². The number of carbonyl (C=O) groups excluding carboxylic acids is 1. The molecule has 0 amide bonds. The van der Waals surface area contributed by atoms with Crippen LogP contribution in [0.3, 0.4) is 0 Å². The van der Waals surface area contributed by atoms with Crippen LogP contribution in [0.4, 0.5) is 10.1 Å². The predicted octanol–water partition coefficient (Wildman–Crippen LogP) is 5.67. The molecule has 6 nitrogen and oxygen atoms in total. The summed E-state index contributed by atoms with van der Waals surface area (Å²) in [6, 6.07) is 11.7. The molecule has 1 aliphatic rings. The summed E-state index contributed by atoms with van der Waals surface area (Å²) in [6.45, 7) is 0. The van der Waals surface area contributed by atoms with Gasteiger partial charge in [0.25, 0.3) is 11.2 Å². The minimum Gasteiger partial charge on any atom is -0.325 e. The van der Waals surface area contributed by atoms with E-state index in [1.807, 2.05) is 0 Å². The second kappa shape index (κ2) is 8.84. The summed E-state index contributed by atoms with van der Waals surface area (Å²) in [5.41, 5.74) is 1.12. The summed E-state index contributed by atoms with van der Waals surface area (Å²) in [5, 5.41) is 11.0. The van der Waals surface area contributed by atoms with Gasteiger partial charge in [0.1, 0.15) is 5.82 Å². The number of nitro groups is 1. The number of H-pyrrole nitrogens is 1. The lowest BCUT2D eigenvalue weighted by atomic mass is 9.88. The fraction of sp³-hybridized carbons (Fsp3) is 0.0833. The van der Waals surface area contributed by atoms with E-state index in [0.29, 0.717) is 29.7 Å². The van der Waals surface area contributed by atoms with Crippen molar-refractivity contribution in [3.8, 4) is 11.1 Å². The van der Waals surface area contributed by atoms with Gasteiger partial charge in [-0.3, -0.25) is 19.7 Å². The Morgan fingerprint density at radius 3 is 2.69 bits per heavy atom. The Labute approximate surface area is 190 Å². The standard InChI is InChI=1S/C24H16BrFN2O4/c25-15-9-10-20-18(13-15)22(17-6-1-2-7-19(17)26)23(24(30)27-20)21(29)11-8-14-4-3-5-16(12-14)28(31)32/h1-8,11-13H,9-10H2,(H,27,30). The van der Waals surface area contributed by atoms with E-state index in [0.717, 1.165) is 4.48 Å². The van der Waals surface area contributed by atoms with Gasteiger partial charge >= 0.3 is 0 Å². The third-order valence-electron chi connectivity index (χ3n) is 5.15. The van der Waals surface area contributed by atoms with Crippen LogP contribution in [0.1, 0.15) is 33.6 Å². The van der Waals surface area contributed by atoms with Crippen LogP contribution in [0.2, 0.25) is 0 Å². The van der Waals surface area contributed by atoms with Crippen molar-refractivity contribution in [3.05, 3.63) is 108 Å². The number of non-ortho nitro benzene ring substituents is 1. The number of pyridine rings is 1. The summed E-state index contributed by atoms with van der Waals surface area (Å²) < 4.78 is 15.6. The fourth-order valence-electron chi connectivity index (χ4n) is 3.67. The lowest BCUT2D eigenvalue weighted by molar-refractivity contribution is -0.384. The number of hydrogen-bond acceptors (Lipinski definition) is 4. The van der Waals surface area contributed by atoms with Crippen molar-refractivity contribution in [1.82, 2.24) is 4.98 Å². The molecule has 1 N–H and O–H groups in total. The minimum atomic E-state index is -0.631. The van der Waals surface area contributed by atoms with Gasteiger partial charge in [-0.1, -0.05) is 52.3 Å². The first kappa shape index (κ1) is 21.6. The summed E-state index contributed by atoms with van der Waals surface area (Å²) >= 11 is 3.46. The molecule has 0 atom stereocenters. The molecule has 0 aliphatic heterocycles. The Morgan fingerprint density at radius 2 is 1.94 bits per heavy atom. The zero-order valence-corrected chi connectivity index (χ0v) is 18.2. The number of nitrogens with one attached hydrogen (secondary N) is 1. The van der Waals surface area contributed by atoms with Gasteiger partial charge in [-0.2, -0.15) is 0 Å². The van der Waals surface area contributed by atoms with Crippen LogP contribution in [-0.4, -0.2) is 15.7 Å². The van der Waals surface area contributed by atoms with Gasteiger partial charge in [0.2, 0.25) is 0 Å². The second-order valence-electron chi connectivity index (χ2n) is 7.22. The van der Waals surface area contributed by atoms with E-state index in [2.05, 4.69) is 20.9 Å². The first-order valence-electron chi connectivity index (χ1n) is 9.72. The normalized spacial score (nSPS) is 13.0. The molecule has 32 heavy (non-hydrogen) atoms. The van der Waals surface area contributed by atoms with Gasteiger partial charge < -0.3 is 4.98 Å². The molecule has 0 saturated carbocycles. The van der Waals surface area contributed by atoms with Crippen LogP contribution in [0.25, 0.3) is 23.3 Å². The van der Waals surface area contributed by atoms with E-state index in [1.54, 1.807) is 18.2 Å². The third kappa shape index (κ3) is 4.22. The third-order valence-corrected chi connectivity index (χ3v) is 5.77. The maximum Gasteiger partial charge on any atom is 0.270 e. The van der Waals surface area contributed by atoms with E-state index < -0.39 is 22.1 Å². The number of allylic oxidation sites excluding steroid dienone is 2. The predicted molar refractivity (Wildman–Crippen MR) is 124 cm³/mol. The zero-order valence-electron chi connectivity index (χ0n) is 16.6. The maximum absolute atomic E-state index is 14.8. The Morgan fingerprint density at radius 1 is 1.16 bits per heavy atom. The van der Waals surface area contributed by atoms with E-state index >= 15 is 0 Å². The van der Waals surface area contributed by atoms with E-state index in [-0.39, 0.29) is 22.4 Å². The van der Waals surface area contributed by atoms with Gasteiger partial charge in [-0.25, -0.2) is 4.39 Å². The fourth-order valence-corrected chi connectivity index (χ4v) is 4.10. The highest BCUT2D eigenvalue weighted by Crippen LogP contribution is 2.36. The van der Waals surface area contributed by atoms with Gasteiger partial charge in [0.15, 0.2) is 5.78 Å². The SMILES string of the molecule is O=C(C=Cc1cccc([N+](=O)[O-])c1)c1c(-c2ccccc2F)c2c([nH]c1=O)CCC(Br)=C2. The Hall–Kier alpha value is -3.65. The Kier molecular flexibility index (Phi) is 5.96. The average Bonchev–Trinajstić information content (AvgIpc) is 2.77. The number of aromatic nitrogens is 1. The molecule has 0 fully saturated rings. The monoisotopic (exact) mass is 494 g/mol. The summed E-state index contributed by atoms with van der Waals surface area (Å²) in [5.74, 6) is -1.18. The molecule has 1 aromatic heterocycles. The number of fused-ring (bicyclic) bond motifs is 1. The van der Waals surface area contributed by atoms with Crippen molar-refractivity contribution in [3.63, 3.8) is 0 Å². The highest BCUT2D eigenvalue weighted by molar-refractivity contribution is 9.11. The van der Waals surface area contributed by atoms with Crippen LogP contribution in [-0.2, 0) is 6.42 Å². The zero-order chi connectivity index (χ0) is 22.8. The second-order valence-corrected chi connectivity index (χ2v) is 8.24. The van der Waals surface area contributed by atoms with Crippen molar-refractivity contribution >= 4 is 39.6 Å². The summed E-state index contributed by atoms with van der Waals surface area (Å²) in [4.78, 5) is 39.3. The van der Waals surface area contributed by atoms with Crippen molar-refractivity contribution in [2.45, 2.75) is 12.8 Å². The van der Waals surface area contributed by atoms with Crippen LogP contribution >= 0.6 is 15.9 Å². The summed E-state index contributed by atoms with van der Waals surface area (Å²) in [6.07, 6.45) is 5.57. The first-order valence-corrected chi connectivity index (χ1v) is 10.5. The number of nitro benzene ring substituents is 1. The topological polar surface area (TPSA) is 93.1 Å². The molecule has 0 bridgehead atoms.